The van der Waals surface area contributed by atoms with Gasteiger partial charge in [-0.05, 0) is 18.4 Å². The molecule has 2 aliphatic rings. The van der Waals surface area contributed by atoms with Crippen LogP contribution in [-0.2, 0) is 14.3 Å². The summed E-state index contributed by atoms with van der Waals surface area (Å²) in [6.45, 7) is 0.721. The monoisotopic (exact) mass is 360 g/mol. The standard InChI is InChI=1S/C20H28N2O4/c23-14-17-20(15-6-2-1-3-7-15)22(12-13-26-17)19(25)11-10-18(24)21-16-8-4-5-9-16/h1-3,6-7,16-17,20,23H,4-5,8-14H2,(H,21,24)/t17-,20-/m1/s1. The van der Waals surface area contributed by atoms with Gasteiger partial charge in [-0.1, -0.05) is 43.2 Å². The Morgan fingerprint density at radius 3 is 2.58 bits per heavy atom. The zero-order valence-corrected chi connectivity index (χ0v) is 15.1. The van der Waals surface area contributed by atoms with Crippen LogP contribution in [0.2, 0.25) is 0 Å². The predicted octanol–water partition coefficient (Wildman–Crippen LogP) is 1.79. The molecule has 2 N–H and O–H groups in total. The van der Waals surface area contributed by atoms with Crippen LogP contribution < -0.4 is 5.32 Å². The van der Waals surface area contributed by atoms with Crippen LogP contribution in [0.4, 0.5) is 0 Å². The minimum atomic E-state index is -0.442. The Hall–Kier alpha value is -1.92. The van der Waals surface area contributed by atoms with E-state index in [4.69, 9.17) is 4.74 Å². The highest BCUT2D eigenvalue weighted by molar-refractivity contribution is 5.84. The molecule has 142 valence electrons. The number of ether oxygens (including phenoxy) is 1. The van der Waals surface area contributed by atoms with Gasteiger partial charge in [0.05, 0.1) is 19.3 Å². The van der Waals surface area contributed by atoms with Crippen LogP contribution in [0.1, 0.15) is 50.1 Å². The third-order valence-electron chi connectivity index (χ3n) is 5.28. The lowest BCUT2D eigenvalue weighted by molar-refractivity contribution is -0.150. The highest BCUT2D eigenvalue weighted by atomic mass is 16.5. The van der Waals surface area contributed by atoms with Crippen molar-refractivity contribution in [3.63, 3.8) is 0 Å². The molecule has 1 aromatic carbocycles. The summed E-state index contributed by atoms with van der Waals surface area (Å²) in [5.41, 5.74) is 0.940. The van der Waals surface area contributed by atoms with Gasteiger partial charge in [0.2, 0.25) is 11.8 Å². The van der Waals surface area contributed by atoms with Gasteiger partial charge in [-0.3, -0.25) is 9.59 Å². The van der Waals surface area contributed by atoms with E-state index in [1.807, 2.05) is 30.3 Å². The second kappa shape index (κ2) is 9.14. The first-order chi connectivity index (χ1) is 12.7. The highest BCUT2D eigenvalue weighted by Crippen LogP contribution is 2.30. The summed E-state index contributed by atoms with van der Waals surface area (Å²) in [4.78, 5) is 26.7. The van der Waals surface area contributed by atoms with Gasteiger partial charge < -0.3 is 20.1 Å². The fourth-order valence-corrected chi connectivity index (χ4v) is 3.94. The van der Waals surface area contributed by atoms with Crippen molar-refractivity contribution in [2.75, 3.05) is 19.8 Å². The number of carbonyl (C=O) groups excluding carboxylic acids is 2. The van der Waals surface area contributed by atoms with Gasteiger partial charge in [0, 0.05) is 25.4 Å². The largest absolute Gasteiger partial charge is 0.394 e. The fraction of sp³-hybridized carbons (Fsp3) is 0.600. The molecule has 0 spiro atoms. The first-order valence-corrected chi connectivity index (χ1v) is 9.55. The summed E-state index contributed by atoms with van der Waals surface area (Å²) in [7, 11) is 0. The number of hydrogen-bond donors (Lipinski definition) is 2. The molecule has 2 atom stereocenters. The zero-order valence-electron chi connectivity index (χ0n) is 15.1. The number of nitrogens with zero attached hydrogens (tertiary/aromatic N) is 1. The first-order valence-electron chi connectivity index (χ1n) is 9.55. The summed E-state index contributed by atoms with van der Waals surface area (Å²) >= 11 is 0. The fourth-order valence-electron chi connectivity index (χ4n) is 3.94. The minimum Gasteiger partial charge on any atom is -0.394 e. The third-order valence-corrected chi connectivity index (χ3v) is 5.28. The van der Waals surface area contributed by atoms with Crippen molar-refractivity contribution in [2.45, 2.75) is 56.7 Å². The van der Waals surface area contributed by atoms with Crippen LogP contribution in [-0.4, -0.2) is 53.7 Å². The van der Waals surface area contributed by atoms with Crippen molar-refractivity contribution in [3.8, 4) is 0 Å². The second-order valence-electron chi connectivity index (χ2n) is 7.08. The lowest BCUT2D eigenvalue weighted by Crippen LogP contribution is -2.49. The van der Waals surface area contributed by atoms with Crippen LogP contribution in [0.25, 0.3) is 0 Å². The molecule has 2 fully saturated rings. The molecule has 0 aromatic heterocycles. The molecule has 3 rings (SSSR count). The molecule has 6 heteroatoms. The number of hydrogen-bond acceptors (Lipinski definition) is 4. The second-order valence-corrected chi connectivity index (χ2v) is 7.08. The van der Waals surface area contributed by atoms with E-state index < -0.39 is 6.10 Å². The van der Waals surface area contributed by atoms with Crippen LogP contribution in [0, 0.1) is 0 Å². The molecule has 26 heavy (non-hydrogen) atoms. The molecular weight excluding hydrogens is 332 g/mol. The van der Waals surface area contributed by atoms with Crippen molar-refractivity contribution in [2.24, 2.45) is 0 Å². The van der Waals surface area contributed by atoms with Gasteiger partial charge in [-0.2, -0.15) is 0 Å². The molecule has 1 aliphatic carbocycles. The third kappa shape index (κ3) is 4.62. The number of aliphatic hydroxyl groups is 1. The Morgan fingerprint density at radius 1 is 1.15 bits per heavy atom. The Labute approximate surface area is 154 Å². The van der Waals surface area contributed by atoms with Crippen LogP contribution >= 0.6 is 0 Å². The predicted molar refractivity (Wildman–Crippen MR) is 97.4 cm³/mol. The summed E-state index contributed by atoms with van der Waals surface area (Å²) in [6, 6.07) is 9.58. The topological polar surface area (TPSA) is 78.9 Å². The van der Waals surface area contributed by atoms with Crippen molar-refractivity contribution in [3.05, 3.63) is 35.9 Å². The van der Waals surface area contributed by atoms with Gasteiger partial charge in [0.15, 0.2) is 0 Å². The maximum atomic E-state index is 12.8. The van der Waals surface area contributed by atoms with Crippen molar-refractivity contribution in [1.82, 2.24) is 10.2 Å². The molecule has 1 aliphatic heterocycles. The van der Waals surface area contributed by atoms with E-state index in [-0.39, 0.29) is 43.3 Å². The number of nitrogens with one attached hydrogen (secondary N) is 1. The number of aliphatic hydroxyl groups excluding tert-OH is 1. The highest BCUT2D eigenvalue weighted by Gasteiger charge is 2.35. The van der Waals surface area contributed by atoms with E-state index in [0.717, 1.165) is 18.4 Å². The van der Waals surface area contributed by atoms with Crippen LogP contribution in [0.5, 0.6) is 0 Å². The van der Waals surface area contributed by atoms with E-state index in [2.05, 4.69) is 5.32 Å². The van der Waals surface area contributed by atoms with Gasteiger partial charge >= 0.3 is 0 Å². The van der Waals surface area contributed by atoms with Gasteiger partial charge in [0.1, 0.15) is 6.10 Å². The maximum Gasteiger partial charge on any atom is 0.223 e. The Kier molecular flexibility index (Phi) is 6.63. The average Bonchev–Trinajstić information content (AvgIpc) is 3.19. The zero-order chi connectivity index (χ0) is 18.4. The van der Waals surface area contributed by atoms with E-state index in [9.17, 15) is 14.7 Å². The van der Waals surface area contributed by atoms with E-state index in [1.165, 1.54) is 12.8 Å². The molecule has 1 saturated carbocycles. The Morgan fingerprint density at radius 2 is 1.88 bits per heavy atom. The summed E-state index contributed by atoms with van der Waals surface area (Å²) in [6.07, 6.45) is 4.35. The normalized spacial score (nSPS) is 23.8. The maximum absolute atomic E-state index is 12.8. The smallest absolute Gasteiger partial charge is 0.223 e. The number of benzene rings is 1. The molecule has 1 saturated heterocycles. The molecule has 2 amide bonds. The summed E-state index contributed by atoms with van der Waals surface area (Å²) in [5, 5.41) is 12.7. The van der Waals surface area contributed by atoms with Gasteiger partial charge in [0.25, 0.3) is 0 Å². The lowest BCUT2D eigenvalue weighted by atomic mass is 9.97. The van der Waals surface area contributed by atoms with Crippen molar-refractivity contribution < 1.29 is 19.4 Å². The van der Waals surface area contributed by atoms with Crippen LogP contribution in [0.3, 0.4) is 0 Å². The van der Waals surface area contributed by atoms with Gasteiger partial charge in [-0.15, -0.1) is 0 Å². The van der Waals surface area contributed by atoms with E-state index >= 15 is 0 Å². The average molecular weight is 360 g/mol. The SMILES string of the molecule is O=C(CCC(=O)N1CCO[C@H](CO)[C@H]1c1ccccc1)NC1CCCC1. The molecule has 1 aromatic rings. The van der Waals surface area contributed by atoms with E-state index in [1.54, 1.807) is 4.90 Å². The number of morpholine rings is 1. The first kappa shape index (κ1) is 18.9. The van der Waals surface area contributed by atoms with E-state index in [0.29, 0.717) is 13.2 Å². The lowest BCUT2D eigenvalue weighted by Gasteiger charge is -2.41. The minimum absolute atomic E-state index is 0.0477. The van der Waals surface area contributed by atoms with Crippen LogP contribution in [0.15, 0.2) is 30.3 Å². The number of amides is 2. The molecule has 0 unspecified atom stereocenters. The quantitative estimate of drug-likeness (QED) is 0.811. The molecular formula is C20H28N2O4. The van der Waals surface area contributed by atoms with Crippen molar-refractivity contribution >= 4 is 11.8 Å². The Balaban J connectivity index is 1.61. The van der Waals surface area contributed by atoms with Gasteiger partial charge in [-0.25, -0.2) is 0 Å². The molecule has 0 bridgehead atoms. The summed E-state index contributed by atoms with van der Waals surface area (Å²) < 4.78 is 5.67. The molecule has 0 radical (unpaired) electrons. The molecule has 6 nitrogen and oxygen atoms in total. The Bertz CT molecular complexity index is 601. The number of rotatable bonds is 6. The molecule has 1 heterocycles. The van der Waals surface area contributed by atoms with Crippen molar-refractivity contribution in [1.29, 1.82) is 0 Å². The number of carbonyl (C=O) groups is 2. The summed E-state index contributed by atoms with van der Waals surface area (Å²) in [5.74, 6) is -0.115.